The largest absolute Gasteiger partial charge is 0.494 e. The maximum absolute atomic E-state index is 12.5. The fraction of sp³-hybridized carbons (Fsp3) is 0.368. The zero-order valence-electron chi connectivity index (χ0n) is 13.8. The molecule has 5 heteroatoms. The topological polar surface area (TPSA) is 60.5 Å². The van der Waals surface area contributed by atoms with Crippen LogP contribution >= 0.6 is 0 Å². The molecule has 0 unspecified atom stereocenters. The Labute approximate surface area is 142 Å². The molecule has 5 nitrogen and oxygen atoms in total. The molecule has 3 rings (SSSR count). The highest BCUT2D eigenvalue weighted by molar-refractivity contribution is 5.94. The number of hydrogen-bond acceptors (Lipinski definition) is 4. The minimum atomic E-state index is -0.0909. The summed E-state index contributed by atoms with van der Waals surface area (Å²) in [6.07, 6.45) is 4.45. The molecule has 2 atom stereocenters. The highest BCUT2D eigenvalue weighted by Gasteiger charge is 2.29. The number of nitrogens with one attached hydrogen (secondary N) is 1. The van der Waals surface area contributed by atoms with Crippen LogP contribution in [0.25, 0.3) is 0 Å². The summed E-state index contributed by atoms with van der Waals surface area (Å²) in [5.41, 5.74) is 1.81. The predicted molar refractivity (Wildman–Crippen MR) is 91.1 cm³/mol. The van der Waals surface area contributed by atoms with E-state index in [0.29, 0.717) is 31.1 Å². The molecule has 1 amide bonds. The molecule has 1 aromatic heterocycles. The highest BCUT2D eigenvalue weighted by Crippen LogP contribution is 2.20. The predicted octanol–water partition coefficient (Wildman–Crippen LogP) is 2.47. The quantitative estimate of drug-likeness (QED) is 0.886. The van der Waals surface area contributed by atoms with Crippen LogP contribution in [0.15, 0.2) is 48.8 Å². The molecule has 0 saturated carbocycles. The molecule has 2 aromatic rings. The van der Waals surface area contributed by atoms with Gasteiger partial charge in [-0.1, -0.05) is 6.07 Å². The second-order valence-corrected chi connectivity index (χ2v) is 5.90. The number of rotatable bonds is 6. The number of hydrogen-bond donors (Lipinski definition) is 1. The lowest BCUT2D eigenvalue weighted by Crippen LogP contribution is -2.40. The number of aromatic nitrogens is 1. The molecule has 1 aromatic carbocycles. The fourth-order valence-corrected chi connectivity index (χ4v) is 2.93. The lowest BCUT2D eigenvalue weighted by Gasteiger charge is -2.19. The lowest BCUT2D eigenvalue weighted by molar-refractivity contribution is 0.0924. The van der Waals surface area contributed by atoms with Crippen LogP contribution in [0.5, 0.6) is 5.75 Å². The molecule has 0 aliphatic carbocycles. The van der Waals surface area contributed by atoms with Crippen LogP contribution in [-0.4, -0.2) is 36.8 Å². The van der Waals surface area contributed by atoms with Crippen molar-refractivity contribution in [1.82, 2.24) is 10.3 Å². The molecule has 1 aliphatic rings. The minimum Gasteiger partial charge on any atom is -0.494 e. The first-order valence-electron chi connectivity index (χ1n) is 8.26. The van der Waals surface area contributed by atoms with Crippen LogP contribution in [0.3, 0.4) is 0 Å². The number of carbonyl (C=O) groups excluding carboxylic acids is 1. The molecule has 126 valence electrons. The Balaban J connectivity index is 1.63. The van der Waals surface area contributed by atoms with Gasteiger partial charge >= 0.3 is 0 Å². The van der Waals surface area contributed by atoms with Crippen molar-refractivity contribution in [1.29, 1.82) is 0 Å². The van der Waals surface area contributed by atoms with E-state index >= 15 is 0 Å². The van der Waals surface area contributed by atoms with Crippen molar-refractivity contribution >= 4 is 5.91 Å². The van der Waals surface area contributed by atoms with E-state index < -0.39 is 0 Å². The van der Waals surface area contributed by atoms with Gasteiger partial charge in [-0.2, -0.15) is 0 Å². The third-order valence-electron chi connectivity index (χ3n) is 4.17. The zero-order valence-corrected chi connectivity index (χ0v) is 13.8. The fourth-order valence-electron chi connectivity index (χ4n) is 2.93. The van der Waals surface area contributed by atoms with Crippen molar-refractivity contribution in [2.45, 2.75) is 19.4 Å². The number of carbonyl (C=O) groups is 1. The van der Waals surface area contributed by atoms with E-state index in [1.807, 2.05) is 31.2 Å². The van der Waals surface area contributed by atoms with Gasteiger partial charge in [0.15, 0.2) is 0 Å². The molecular weight excluding hydrogens is 304 g/mol. The van der Waals surface area contributed by atoms with Crippen LogP contribution in [0.1, 0.15) is 22.8 Å². The molecule has 1 N–H and O–H groups in total. The molecule has 24 heavy (non-hydrogen) atoms. The van der Waals surface area contributed by atoms with E-state index in [1.54, 1.807) is 24.5 Å². The molecule has 1 saturated heterocycles. The molecule has 2 heterocycles. The molecule has 0 spiro atoms. The van der Waals surface area contributed by atoms with Gasteiger partial charge in [-0.05, 0) is 49.2 Å². The Morgan fingerprint density at radius 1 is 1.29 bits per heavy atom. The lowest BCUT2D eigenvalue weighted by atomic mass is 9.95. The summed E-state index contributed by atoms with van der Waals surface area (Å²) in [5, 5.41) is 3.10. The van der Waals surface area contributed by atoms with Crippen molar-refractivity contribution in [3.63, 3.8) is 0 Å². The molecule has 1 fully saturated rings. The maximum Gasteiger partial charge on any atom is 0.251 e. The van der Waals surface area contributed by atoms with Crippen molar-refractivity contribution < 1.29 is 14.3 Å². The van der Waals surface area contributed by atoms with Gasteiger partial charge in [0.05, 0.1) is 25.9 Å². The van der Waals surface area contributed by atoms with E-state index in [-0.39, 0.29) is 17.9 Å². The average molecular weight is 326 g/mol. The van der Waals surface area contributed by atoms with Crippen molar-refractivity contribution in [3.8, 4) is 5.75 Å². The normalized spacial score (nSPS) is 19.9. The number of nitrogens with zero attached hydrogens (tertiary/aromatic N) is 1. The van der Waals surface area contributed by atoms with E-state index in [1.165, 1.54) is 5.56 Å². The first-order valence-corrected chi connectivity index (χ1v) is 8.26. The van der Waals surface area contributed by atoms with Crippen molar-refractivity contribution in [2.24, 2.45) is 5.92 Å². The Morgan fingerprint density at radius 3 is 2.92 bits per heavy atom. The third kappa shape index (κ3) is 4.11. The molecule has 0 radical (unpaired) electrons. The Hall–Kier alpha value is -2.40. The van der Waals surface area contributed by atoms with E-state index in [0.717, 1.165) is 6.42 Å². The molecule has 0 bridgehead atoms. The van der Waals surface area contributed by atoms with Gasteiger partial charge in [-0.15, -0.1) is 0 Å². The second kappa shape index (κ2) is 7.93. The molecular formula is C19H22N2O3. The first-order chi connectivity index (χ1) is 11.8. The third-order valence-corrected chi connectivity index (χ3v) is 4.17. The first kappa shape index (κ1) is 16.5. The van der Waals surface area contributed by atoms with Gasteiger partial charge in [0.2, 0.25) is 0 Å². The summed E-state index contributed by atoms with van der Waals surface area (Å²) in [6.45, 7) is 3.71. The number of pyridine rings is 1. The summed E-state index contributed by atoms with van der Waals surface area (Å²) < 4.78 is 11.0. The van der Waals surface area contributed by atoms with Crippen molar-refractivity contribution in [2.75, 3.05) is 19.8 Å². The summed E-state index contributed by atoms with van der Waals surface area (Å²) in [6, 6.07) is 11.3. The van der Waals surface area contributed by atoms with Gasteiger partial charge in [-0.25, -0.2) is 0 Å². The Bertz CT molecular complexity index is 675. The average Bonchev–Trinajstić information content (AvgIpc) is 3.03. The van der Waals surface area contributed by atoms with Gasteiger partial charge < -0.3 is 14.8 Å². The number of benzene rings is 1. The van der Waals surface area contributed by atoms with Gasteiger partial charge in [0.25, 0.3) is 5.91 Å². The molecule has 1 aliphatic heterocycles. The van der Waals surface area contributed by atoms with Crippen LogP contribution in [0.2, 0.25) is 0 Å². The summed E-state index contributed by atoms with van der Waals surface area (Å²) in [7, 11) is 0. The summed E-state index contributed by atoms with van der Waals surface area (Å²) in [4.78, 5) is 16.6. The van der Waals surface area contributed by atoms with Gasteiger partial charge in [0, 0.05) is 23.9 Å². The van der Waals surface area contributed by atoms with Crippen LogP contribution in [0, 0.1) is 5.92 Å². The van der Waals surface area contributed by atoms with E-state index in [9.17, 15) is 4.79 Å². The summed E-state index contributed by atoms with van der Waals surface area (Å²) >= 11 is 0. The Kier molecular flexibility index (Phi) is 5.43. The summed E-state index contributed by atoms with van der Waals surface area (Å²) in [5.74, 6) is 0.888. The van der Waals surface area contributed by atoms with Crippen molar-refractivity contribution in [3.05, 3.63) is 59.9 Å². The van der Waals surface area contributed by atoms with Crippen LogP contribution < -0.4 is 10.1 Å². The smallest absolute Gasteiger partial charge is 0.251 e. The SMILES string of the molecule is CCOc1cccc(C(=O)N[C@H]2COC[C@H]2Cc2ccncc2)c1. The zero-order chi connectivity index (χ0) is 16.8. The van der Waals surface area contributed by atoms with E-state index in [4.69, 9.17) is 9.47 Å². The highest BCUT2D eigenvalue weighted by atomic mass is 16.5. The second-order valence-electron chi connectivity index (χ2n) is 5.90. The standard InChI is InChI=1S/C19H22N2O3/c1-2-24-17-5-3-4-15(11-17)19(22)21-18-13-23-12-16(18)10-14-6-8-20-9-7-14/h3-9,11,16,18H,2,10,12-13H2,1H3,(H,21,22)/t16-,18+/m1/s1. The monoisotopic (exact) mass is 326 g/mol. The van der Waals surface area contributed by atoms with E-state index in [2.05, 4.69) is 10.3 Å². The van der Waals surface area contributed by atoms with Gasteiger partial charge in [0.1, 0.15) is 5.75 Å². The van der Waals surface area contributed by atoms with Crippen LogP contribution in [-0.2, 0) is 11.2 Å². The Morgan fingerprint density at radius 2 is 2.12 bits per heavy atom. The number of ether oxygens (including phenoxy) is 2. The van der Waals surface area contributed by atoms with Crippen LogP contribution in [0.4, 0.5) is 0 Å². The number of amides is 1. The maximum atomic E-state index is 12.5. The minimum absolute atomic E-state index is 0.0152. The van der Waals surface area contributed by atoms with Gasteiger partial charge in [-0.3, -0.25) is 9.78 Å².